The quantitative estimate of drug-likeness (QED) is 0.248. The molecule has 0 bridgehead atoms. The SMILES string of the molecule is C/C(=N\N=c1\scc(-c2ccc([N+](=O)[O-])cc2)n1-c1ccccc1)c1ccccc1. The molecule has 6 nitrogen and oxygen atoms in total. The first-order chi connectivity index (χ1) is 14.6. The molecule has 0 unspecified atom stereocenters. The van der Waals surface area contributed by atoms with Crippen molar-refractivity contribution >= 4 is 22.7 Å². The number of rotatable bonds is 5. The van der Waals surface area contributed by atoms with E-state index < -0.39 is 4.92 Å². The van der Waals surface area contributed by atoms with Crippen LogP contribution >= 0.6 is 11.3 Å². The predicted octanol–water partition coefficient (Wildman–Crippen LogP) is 5.44. The molecule has 0 aliphatic heterocycles. The highest BCUT2D eigenvalue weighted by molar-refractivity contribution is 7.07. The number of aromatic nitrogens is 1. The average molecular weight is 414 g/mol. The van der Waals surface area contributed by atoms with Gasteiger partial charge >= 0.3 is 0 Å². The fourth-order valence-electron chi connectivity index (χ4n) is 3.02. The molecule has 0 fully saturated rings. The van der Waals surface area contributed by atoms with Crippen molar-refractivity contribution in [3.63, 3.8) is 0 Å². The van der Waals surface area contributed by atoms with Crippen molar-refractivity contribution in [1.29, 1.82) is 0 Å². The van der Waals surface area contributed by atoms with Crippen molar-refractivity contribution in [3.8, 4) is 16.9 Å². The molecule has 0 radical (unpaired) electrons. The summed E-state index contributed by atoms with van der Waals surface area (Å²) in [5.74, 6) is 0. The van der Waals surface area contributed by atoms with Crippen LogP contribution in [0.3, 0.4) is 0 Å². The Labute approximate surface area is 177 Å². The number of hydrogen-bond acceptors (Lipinski definition) is 5. The molecule has 7 heteroatoms. The molecule has 0 amide bonds. The molecule has 0 N–H and O–H groups in total. The third kappa shape index (κ3) is 4.11. The van der Waals surface area contributed by atoms with Crippen LogP contribution in [-0.2, 0) is 0 Å². The smallest absolute Gasteiger partial charge is 0.269 e. The van der Waals surface area contributed by atoms with E-state index in [0.717, 1.165) is 28.2 Å². The molecule has 3 aromatic carbocycles. The highest BCUT2D eigenvalue weighted by atomic mass is 32.1. The van der Waals surface area contributed by atoms with Crippen LogP contribution in [0, 0.1) is 10.1 Å². The van der Waals surface area contributed by atoms with Gasteiger partial charge in [-0.2, -0.15) is 5.10 Å². The van der Waals surface area contributed by atoms with Gasteiger partial charge < -0.3 is 0 Å². The zero-order valence-electron chi connectivity index (χ0n) is 16.2. The molecule has 0 aliphatic carbocycles. The molecule has 0 saturated heterocycles. The molecule has 30 heavy (non-hydrogen) atoms. The summed E-state index contributed by atoms with van der Waals surface area (Å²) in [6, 6.07) is 26.3. The first-order valence-corrected chi connectivity index (χ1v) is 10.2. The van der Waals surface area contributed by atoms with Gasteiger partial charge in [0.05, 0.1) is 16.3 Å². The summed E-state index contributed by atoms with van der Waals surface area (Å²) < 4.78 is 2.01. The van der Waals surface area contributed by atoms with Gasteiger partial charge in [0.1, 0.15) is 0 Å². The van der Waals surface area contributed by atoms with Crippen molar-refractivity contribution in [2.24, 2.45) is 10.2 Å². The lowest BCUT2D eigenvalue weighted by molar-refractivity contribution is -0.384. The average Bonchev–Trinajstić information content (AvgIpc) is 3.22. The first-order valence-electron chi connectivity index (χ1n) is 9.28. The summed E-state index contributed by atoms with van der Waals surface area (Å²) in [4.78, 5) is 11.3. The summed E-state index contributed by atoms with van der Waals surface area (Å²) >= 11 is 1.47. The minimum Gasteiger partial charge on any atom is -0.284 e. The van der Waals surface area contributed by atoms with Gasteiger partial charge in [-0.25, -0.2) is 0 Å². The summed E-state index contributed by atoms with van der Waals surface area (Å²) in [6.45, 7) is 1.93. The number of nitrogens with zero attached hydrogens (tertiary/aromatic N) is 4. The number of nitro benzene ring substituents is 1. The molecule has 1 heterocycles. The lowest BCUT2D eigenvalue weighted by Crippen LogP contribution is -2.13. The number of para-hydroxylation sites is 1. The summed E-state index contributed by atoms with van der Waals surface area (Å²) in [5.41, 5.74) is 4.60. The van der Waals surface area contributed by atoms with Crippen molar-refractivity contribution in [1.82, 2.24) is 4.57 Å². The Hall–Kier alpha value is -3.84. The fraction of sp³-hybridized carbons (Fsp3) is 0.0435. The Kier molecular flexibility index (Phi) is 5.63. The fourth-order valence-corrected chi connectivity index (χ4v) is 3.87. The van der Waals surface area contributed by atoms with E-state index in [1.54, 1.807) is 12.1 Å². The van der Waals surface area contributed by atoms with Gasteiger partial charge in [-0.3, -0.25) is 14.7 Å². The van der Waals surface area contributed by atoms with Gasteiger partial charge in [0.15, 0.2) is 0 Å². The van der Waals surface area contributed by atoms with Crippen LogP contribution in [0.5, 0.6) is 0 Å². The Morgan fingerprint density at radius 1 is 0.933 bits per heavy atom. The van der Waals surface area contributed by atoms with E-state index in [1.165, 1.54) is 23.5 Å². The molecule has 0 saturated carbocycles. The largest absolute Gasteiger partial charge is 0.284 e. The molecule has 0 atom stereocenters. The summed E-state index contributed by atoms with van der Waals surface area (Å²) in [7, 11) is 0. The van der Waals surface area contributed by atoms with E-state index in [0.29, 0.717) is 4.80 Å². The molecular weight excluding hydrogens is 396 g/mol. The van der Waals surface area contributed by atoms with E-state index >= 15 is 0 Å². The third-order valence-corrected chi connectivity index (χ3v) is 5.39. The van der Waals surface area contributed by atoms with Crippen molar-refractivity contribution in [2.75, 3.05) is 0 Å². The Morgan fingerprint density at radius 2 is 1.57 bits per heavy atom. The van der Waals surface area contributed by atoms with Crippen LogP contribution in [0.1, 0.15) is 12.5 Å². The number of non-ortho nitro benzene ring substituents is 1. The van der Waals surface area contributed by atoms with Gasteiger partial charge in [0.25, 0.3) is 5.69 Å². The van der Waals surface area contributed by atoms with Crippen LogP contribution < -0.4 is 4.80 Å². The first kappa shape index (κ1) is 19.5. The second-order valence-electron chi connectivity index (χ2n) is 6.53. The van der Waals surface area contributed by atoms with Gasteiger partial charge in [-0.15, -0.1) is 16.4 Å². The van der Waals surface area contributed by atoms with Crippen LogP contribution in [0.15, 0.2) is 101 Å². The highest BCUT2D eigenvalue weighted by Gasteiger charge is 2.12. The molecule has 0 aliphatic rings. The standard InChI is InChI=1S/C23H18N4O2S/c1-17(18-8-4-2-5-9-18)24-25-23-26(20-10-6-3-7-11-20)22(16-30-23)19-12-14-21(15-13-19)27(28)29/h2-16H,1H3/b24-17+,25-23+. The van der Waals surface area contributed by atoms with E-state index in [-0.39, 0.29) is 5.69 Å². The summed E-state index contributed by atoms with van der Waals surface area (Å²) in [5, 5.41) is 21.9. The predicted molar refractivity (Wildman–Crippen MR) is 120 cm³/mol. The van der Waals surface area contributed by atoms with Gasteiger partial charge in [0.2, 0.25) is 4.80 Å². The monoisotopic (exact) mass is 414 g/mol. The molecule has 4 rings (SSSR count). The zero-order valence-corrected chi connectivity index (χ0v) is 17.0. The lowest BCUT2D eigenvalue weighted by Gasteiger charge is -2.09. The van der Waals surface area contributed by atoms with Gasteiger partial charge in [-0.1, -0.05) is 48.5 Å². The van der Waals surface area contributed by atoms with Crippen LogP contribution in [0.2, 0.25) is 0 Å². The Bertz CT molecular complexity index is 1260. The highest BCUT2D eigenvalue weighted by Crippen LogP contribution is 2.25. The van der Waals surface area contributed by atoms with Gasteiger partial charge in [-0.05, 0) is 42.3 Å². The molecule has 0 spiro atoms. The summed E-state index contributed by atoms with van der Waals surface area (Å²) in [6.07, 6.45) is 0. The minimum absolute atomic E-state index is 0.0632. The molecule has 4 aromatic rings. The normalized spacial score (nSPS) is 12.2. The van der Waals surface area contributed by atoms with Crippen LogP contribution in [0.25, 0.3) is 16.9 Å². The van der Waals surface area contributed by atoms with E-state index in [1.807, 2.05) is 77.5 Å². The maximum absolute atomic E-state index is 11.0. The van der Waals surface area contributed by atoms with Crippen molar-refractivity contribution in [2.45, 2.75) is 6.92 Å². The maximum Gasteiger partial charge on any atom is 0.269 e. The van der Waals surface area contributed by atoms with Crippen molar-refractivity contribution < 1.29 is 4.92 Å². The number of hydrogen-bond donors (Lipinski definition) is 0. The zero-order chi connectivity index (χ0) is 20.9. The number of thiazole rings is 1. The Balaban J connectivity index is 1.83. The molecular formula is C23H18N4O2S. The third-order valence-electron chi connectivity index (χ3n) is 4.57. The van der Waals surface area contributed by atoms with Crippen LogP contribution in [0.4, 0.5) is 5.69 Å². The van der Waals surface area contributed by atoms with E-state index in [9.17, 15) is 10.1 Å². The lowest BCUT2D eigenvalue weighted by atomic mass is 10.1. The van der Waals surface area contributed by atoms with Crippen LogP contribution in [-0.4, -0.2) is 15.2 Å². The van der Waals surface area contributed by atoms with Crippen molar-refractivity contribution in [3.05, 3.63) is 111 Å². The maximum atomic E-state index is 11.0. The minimum atomic E-state index is -0.398. The second kappa shape index (κ2) is 8.67. The number of benzene rings is 3. The molecule has 1 aromatic heterocycles. The topological polar surface area (TPSA) is 72.8 Å². The van der Waals surface area contributed by atoms with E-state index in [4.69, 9.17) is 0 Å². The molecule has 148 valence electrons. The second-order valence-corrected chi connectivity index (χ2v) is 7.37. The Morgan fingerprint density at radius 3 is 2.20 bits per heavy atom. The number of nitro groups is 1. The van der Waals surface area contributed by atoms with E-state index in [2.05, 4.69) is 10.2 Å². The van der Waals surface area contributed by atoms with Gasteiger partial charge in [0, 0.05) is 23.2 Å².